The van der Waals surface area contributed by atoms with Crippen LogP contribution in [0, 0.1) is 0 Å². The van der Waals surface area contributed by atoms with Gasteiger partial charge in [0, 0.05) is 49.4 Å². The fourth-order valence-electron chi connectivity index (χ4n) is 9.10. The zero-order valence-electron chi connectivity index (χ0n) is 31.5. The third-order valence-electron chi connectivity index (χ3n) is 11.7. The van der Waals surface area contributed by atoms with Gasteiger partial charge in [0.05, 0.1) is 33.1 Å². The van der Waals surface area contributed by atoms with Crippen molar-refractivity contribution in [3.8, 4) is 39.7 Å². The van der Waals surface area contributed by atoms with Crippen molar-refractivity contribution in [2.45, 2.75) is 0 Å². The Bertz CT molecular complexity index is 3520. The molecule has 0 radical (unpaired) electrons. The van der Waals surface area contributed by atoms with Crippen molar-refractivity contribution >= 4 is 65.4 Å². The Morgan fingerprint density at radius 2 is 0.638 bits per heavy atom. The van der Waals surface area contributed by atoms with E-state index in [-0.39, 0.29) is 0 Å². The molecule has 0 bridgehead atoms. The molecule has 0 aliphatic carbocycles. The van der Waals surface area contributed by atoms with Gasteiger partial charge in [0.1, 0.15) is 11.5 Å². The molecular weight excluding hydrogens is 707 g/mol. The van der Waals surface area contributed by atoms with E-state index in [2.05, 4.69) is 184 Å². The minimum absolute atomic E-state index is 0.811. The molecule has 3 heterocycles. The Labute approximate surface area is 334 Å². The number of nitrogens with zero attached hydrogens (tertiary/aromatic N) is 3. The van der Waals surface area contributed by atoms with Crippen molar-refractivity contribution in [3.63, 3.8) is 0 Å². The molecule has 4 nitrogen and oxygen atoms in total. The first-order valence-corrected chi connectivity index (χ1v) is 19.8. The van der Waals surface area contributed by atoms with Gasteiger partial charge in [-0.25, -0.2) is 0 Å². The van der Waals surface area contributed by atoms with Crippen LogP contribution < -0.4 is 4.74 Å². The molecule has 0 saturated heterocycles. The Morgan fingerprint density at radius 1 is 0.241 bits per heavy atom. The maximum absolute atomic E-state index is 6.11. The van der Waals surface area contributed by atoms with E-state index in [1.54, 1.807) is 0 Å². The molecule has 0 aliphatic heterocycles. The highest BCUT2D eigenvalue weighted by Gasteiger charge is 2.18. The van der Waals surface area contributed by atoms with Gasteiger partial charge in [0.15, 0.2) is 0 Å². The highest BCUT2D eigenvalue weighted by atomic mass is 16.5. The van der Waals surface area contributed by atoms with Gasteiger partial charge in [-0.05, 0) is 114 Å². The monoisotopic (exact) mass is 741 g/mol. The number of ether oxygens (including phenoxy) is 1. The first-order valence-electron chi connectivity index (χ1n) is 19.8. The summed E-state index contributed by atoms with van der Waals surface area (Å²) in [5, 5.41) is 7.42. The van der Waals surface area contributed by atoms with E-state index in [0.29, 0.717) is 0 Å². The largest absolute Gasteiger partial charge is 0.457 e. The summed E-state index contributed by atoms with van der Waals surface area (Å²) in [6.45, 7) is 0. The Hall–Kier alpha value is -7.82. The van der Waals surface area contributed by atoms with E-state index in [1.807, 2.05) is 42.5 Å². The van der Waals surface area contributed by atoms with E-state index < -0.39 is 0 Å². The maximum Gasteiger partial charge on any atom is 0.127 e. The number of aromatic nitrogens is 3. The van der Waals surface area contributed by atoms with Crippen LogP contribution in [0.1, 0.15) is 0 Å². The first kappa shape index (κ1) is 32.4. The molecule has 58 heavy (non-hydrogen) atoms. The van der Waals surface area contributed by atoms with Crippen molar-refractivity contribution in [3.05, 3.63) is 212 Å². The van der Waals surface area contributed by atoms with Crippen molar-refractivity contribution < 1.29 is 4.74 Å². The fraction of sp³-hybridized carbons (Fsp3) is 0. The van der Waals surface area contributed by atoms with Gasteiger partial charge < -0.3 is 18.4 Å². The molecular formula is C54H35N3O. The van der Waals surface area contributed by atoms with Gasteiger partial charge in [0.25, 0.3) is 0 Å². The van der Waals surface area contributed by atoms with Gasteiger partial charge >= 0.3 is 0 Å². The van der Waals surface area contributed by atoms with Gasteiger partial charge in [-0.15, -0.1) is 0 Å². The van der Waals surface area contributed by atoms with E-state index in [1.165, 1.54) is 76.5 Å². The lowest BCUT2D eigenvalue weighted by Gasteiger charge is -2.11. The summed E-state index contributed by atoms with van der Waals surface area (Å²) in [4.78, 5) is 0. The average molecular weight is 742 g/mol. The molecule has 3 aromatic heterocycles. The van der Waals surface area contributed by atoms with Gasteiger partial charge in [-0.3, -0.25) is 0 Å². The predicted octanol–water partition coefficient (Wildman–Crippen LogP) is 14.4. The number of hydrogen-bond acceptors (Lipinski definition) is 1. The van der Waals surface area contributed by atoms with Gasteiger partial charge in [-0.1, -0.05) is 109 Å². The summed E-state index contributed by atoms with van der Waals surface area (Å²) >= 11 is 0. The fourth-order valence-corrected chi connectivity index (χ4v) is 9.10. The predicted molar refractivity (Wildman–Crippen MR) is 241 cm³/mol. The van der Waals surface area contributed by atoms with E-state index in [0.717, 1.165) is 28.6 Å². The normalized spacial score (nSPS) is 11.8. The van der Waals surface area contributed by atoms with Crippen LogP contribution in [0.4, 0.5) is 0 Å². The van der Waals surface area contributed by atoms with E-state index in [9.17, 15) is 0 Å². The third-order valence-corrected chi connectivity index (χ3v) is 11.7. The van der Waals surface area contributed by atoms with Crippen molar-refractivity contribution in [2.75, 3.05) is 0 Å². The molecule has 12 aromatic rings. The highest BCUT2D eigenvalue weighted by molar-refractivity contribution is 6.14. The number of benzene rings is 9. The van der Waals surface area contributed by atoms with Crippen LogP contribution in [0.25, 0.3) is 93.6 Å². The summed E-state index contributed by atoms with van der Waals surface area (Å²) in [5.41, 5.74) is 12.9. The summed E-state index contributed by atoms with van der Waals surface area (Å²) in [6.07, 6.45) is 0. The second-order valence-corrected chi connectivity index (χ2v) is 15.0. The number of para-hydroxylation sites is 5. The number of hydrogen-bond donors (Lipinski definition) is 0. The lowest BCUT2D eigenvalue weighted by molar-refractivity contribution is 0.482. The number of fused-ring (bicyclic) bond motifs is 9. The SMILES string of the molecule is c1ccc(Oc2ccc(-n3c4ccccc4c4cc(-c5ccc6c(c5)c5ccccc5n6-c5ccc6c7ccccc7n(-c7ccccc7)c6c5)ccc43)cc2)cc1. The van der Waals surface area contributed by atoms with Crippen LogP contribution in [-0.4, -0.2) is 13.7 Å². The molecule has 12 rings (SSSR count). The van der Waals surface area contributed by atoms with E-state index in [4.69, 9.17) is 4.74 Å². The smallest absolute Gasteiger partial charge is 0.127 e. The zero-order chi connectivity index (χ0) is 38.2. The molecule has 0 unspecified atom stereocenters. The Morgan fingerprint density at radius 3 is 1.22 bits per heavy atom. The minimum Gasteiger partial charge on any atom is -0.457 e. The summed E-state index contributed by atoms with van der Waals surface area (Å²) in [7, 11) is 0. The minimum atomic E-state index is 0.811. The van der Waals surface area contributed by atoms with Crippen LogP contribution in [0.5, 0.6) is 11.5 Å². The second kappa shape index (κ2) is 12.9. The second-order valence-electron chi connectivity index (χ2n) is 15.0. The third kappa shape index (κ3) is 5.02. The first-order chi connectivity index (χ1) is 28.8. The lowest BCUT2D eigenvalue weighted by Crippen LogP contribution is -1.96. The number of rotatable bonds is 6. The maximum atomic E-state index is 6.11. The summed E-state index contributed by atoms with van der Waals surface area (Å²) in [5.74, 6) is 1.64. The molecule has 0 saturated carbocycles. The topological polar surface area (TPSA) is 24.0 Å². The molecule has 0 amide bonds. The average Bonchev–Trinajstić information content (AvgIpc) is 3.92. The van der Waals surface area contributed by atoms with Crippen LogP contribution in [-0.2, 0) is 0 Å². The summed E-state index contributed by atoms with van der Waals surface area (Å²) < 4.78 is 13.3. The van der Waals surface area contributed by atoms with Crippen LogP contribution >= 0.6 is 0 Å². The van der Waals surface area contributed by atoms with Crippen molar-refractivity contribution in [1.29, 1.82) is 0 Å². The van der Waals surface area contributed by atoms with Crippen molar-refractivity contribution in [2.24, 2.45) is 0 Å². The molecule has 9 aromatic carbocycles. The molecule has 272 valence electrons. The molecule has 0 N–H and O–H groups in total. The van der Waals surface area contributed by atoms with Gasteiger partial charge in [-0.2, -0.15) is 0 Å². The molecule has 0 aliphatic rings. The van der Waals surface area contributed by atoms with Gasteiger partial charge in [0.2, 0.25) is 0 Å². The Kier molecular flexibility index (Phi) is 7.20. The van der Waals surface area contributed by atoms with Crippen molar-refractivity contribution in [1.82, 2.24) is 13.7 Å². The molecule has 0 atom stereocenters. The molecule has 4 heteroatoms. The molecule has 0 fully saturated rings. The Balaban J connectivity index is 0.984. The lowest BCUT2D eigenvalue weighted by atomic mass is 10.0. The standard InChI is InChI=1S/C54H35N3O/c1-3-13-38(14-4-1)56-49-20-10-7-17-43(49)46-30-27-40(35-54(46)56)57-51-22-12-9-19-45(51)48-34-37(24-32-53(48)57)36-23-31-52-47(33-36)44-18-8-11-21-50(44)55(52)39-25-28-42(29-26-39)58-41-15-5-2-6-16-41/h1-35H. The van der Waals surface area contributed by atoms with Crippen LogP contribution in [0.15, 0.2) is 212 Å². The highest BCUT2D eigenvalue weighted by Crippen LogP contribution is 2.40. The zero-order valence-corrected chi connectivity index (χ0v) is 31.5. The quantitative estimate of drug-likeness (QED) is 0.166. The molecule has 0 spiro atoms. The van der Waals surface area contributed by atoms with Crippen LogP contribution in [0.2, 0.25) is 0 Å². The van der Waals surface area contributed by atoms with Crippen LogP contribution in [0.3, 0.4) is 0 Å². The van der Waals surface area contributed by atoms with E-state index >= 15 is 0 Å². The summed E-state index contributed by atoms with van der Waals surface area (Å²) in [6, 6.07) is 75.9.